The minimum absolute atomic E-state index is 0.102. The summed E-state index contributed by atoms with van der Waals surface area (Å²) < 4.78 is 15.9. The maximum absolute atomic E-state index is 12.5. The molecule has 0 unspecified atom stereocenters. The van der Waals surface area contributed by atoms with Crippen LogP contribution in [0.15, 0.2) is 42.5 Å². The summed E-state index contributed by atoms with van der Waals surface area (Å²) in [7, 11) is 4.86. The van der Waals surface area contributed by atoms with Crippen LogP contribution in [0.25, 0.3) is 0 Å². The van der Waals surface area contributed by atoms with Gasteiger partial charge in [-0.25, -0.2) is 4.79 Å². The predicted octanol–water partition coefficient (Wildman–Crippen LogP) is 3.07. The van der Waals surface area contributed by atoms with Crippen molar-refractivity contribution in [3.63, 3.8) is 0 Å². The van der Waals surface area contributed by atoms with Gasteiger partial charge in [-0.2, -0.15) is 0 Å². The number of urea groups is 1. The van der Waals surface area contributed by atoms with Crippen molar-refractivity contribution in [1.29, 1.82) is 0 Å². The zero-order valence-corrected chi connectivity index (χ0v) is 15.9. The van der Waals surface area contributed by atoms with Gasteiger partial charge in [0.2, 0.25) is 0 Å². The van der Waals surface area contributed by atoms with E-state index < -0.39 is 0 Å². The summed E-state index contributed by atoms with van der Waals surface area (Å²) in [5.74, 6) is 2.12. The Labute approximate surface area is 159 Å². The maximum Gasteiger partial charge on any atom is 0.321 e. The van der Waals surface area contributed by atoms with Crippen LogP contribution < -0.4 is 24.4 Å². The molecule has 2 aromatic rings. The second-order valence-electron chi connectivity index (χ2n) is 6.18. The molecule has 0 radical (unpaired) electrons. The molecule has 144 valence electrons. The number of rotatable bonds is 5. The van der Waals surface area contributed by atoms with E-state index >= 15 is 0 Å². The first-order valence-electron chi connectivity index (χ1n) is 8.81. The molecule has 7 nitrogen and oxygen atoms in total. The van der Waals surface area contributed by atoms with Gasteiger partial charge in [0.05, 0.1) is 21.3 Å². The van der Waals surface area contributed by atoms with Crippen molar-refractivity contribution in [1.82, 2.24) is 4.90 Å². The number of anilines is 2. The molecule has 0 atom stereocenters. The second kappa shape index (κ2) is 8.53. The number of benzene rings is 2. The first-order chi connectivity index (χ1) is 13.1. The fourth-order valence-electron chi connectivity index (χ4n) is 3.09. The summed E-state index contributed by atoms with van der Waals surface area (Å²) in [5.41, 5.74) is 1.78. The van der Waals surface area contributed by atoms with Crippen molar-refractivity contribution in [2.75, 3.05) is 57.7 Å². The fraction of sp³-hybridized carbons (Fsp3) is 0.350. The lowest BCUT2D eigenvalue weighted by Crippen LogP contribution is -2.50. The zero-order chi connectivity index (χ0) is 19.2. The molecule has 1 saturated heterocycles. The minimum atomic E-state index is -0.102. The number of nitrogens with one attached hydrogen (secondary N) is 1. The molecular weight excluding hydrogens is 346 g/mol. The highest BCUT2D eigenvalue weighted by Crippen LogP contribution is 2.31. The SMILES string of the molecule is COc1cccc(NC(=O)N2CCN(c3ccc(OC)c(OC)c3)CC2)c1. The van der Waals surface area contributed by atoms with Crippen molar-refractivity contribution < 1.29 is 19.0 Å². The van der Waals surface area contributed by atoms with E-state index in [1.165, 1.54) is 0 Å². The molecule has 0 spiro atoms. The molecule has 0 aliphatic carbocycles. The van der Waals surface area contributed by atoms with Gasteiger partial charge in [-0.15, -0.1) is 0 Å². The Morgan fingerprint density at radius 3 is 2.30 bits per heavy atom. The highest BCUT2D eigenvalue weighted by Gasteiger charge is 2.22. The first-order valence-corrected chi connectivity index (χ1v) is 8.81. The van der Waals surface area contributed by atoms with Crippen LogP contribution >= 0.6 is 0 Å². The van der Waals surface area contributed by atoms with Gasteiger partial charge in [0, 0.05) is 49.7 Å². The Morgan fingerprint density at radius 2 is 1.63 bits per heavy atom. The van der Waals surface area contributed by atoms with E-state index in [-0.39, 0.29) is 6.03 Å². The predicted molar refractivity (Wildman–Crippen MR) is 105 cm³/mol. The van der Waals surface area contributed by atoms with Crippen LogP contribution in [0.2, 0.25) is 0 Å². The van der Waals surface area contributed by atoms with Gasteiger partial charge in [0.15, 0.2) is 11.5 Å². The number of methoxy groups -OCH3 is 3. The Kier molecular flexibility index (Phi) is 5.90. The van der Waals surface area contributed by atoms with Crippen molar-refractivity contribution in [2.45, 2.75) is 0 Å². The summed E-state index contributed by atoms with van der Waals surface area (Å²) in [6.45, 7) is 2.79. The Balaban J connectivity index is 1.59. The average molecular weight is 371 g/mol. The van der Waals surface area contributed by atoms with Crippen molar-refractivity contribution in [3.05, 3.63) is 42.5 Å². The largest absolute Gasteiger partial charge is 0.497 e. The molecule has 1 fully saturated rings. The highest BCUT2D eigenvalue weighted by atomic mass is 16.5. The first kappa shape index (κ1) is 18.7. The third kappa shape index (κ3) is 4.36. The maximum atomic E-state index is 12.5. The number of carbonyl (C=O) groups is 1. The van der Waals surface area contributed by atoms with Gasteiger partial charge in [-0.3, -0.25) is 0 Å². The summed E-state index contributed by atoms with van der Waals surface area (Å²) in [6, 6.07) is 13.1. The Morgan fingerprint density at radius 1 is 0.889 bits per heavy atom. The molecule has 0 aromatic heterocycles. The van der Waals surface area contributed by atoms with E-state index in [1.807, 2.05) is 41.3 Å². The number of carbonyl (C=O) groups excluding carboxylic acids is 1. The van der Waals surface area contributed by atoms with Gasteiger partial charge in [-0.05, 0) is 24.3 Å². The Hall–Kier alpha value is -3.09. The van der Waals surface area contributed by atoms with Crippen LogP contribution in [-0.4, -0.2) is 58.4 Å². The van der Waals surface area contributed by atoms with Crippen molar-refractivity contribution in [3.8, 4) is 17.2 Å². The topological polar surface area (TPSA) is 63.3 Å². The van der Waals surface area contributed by atoms with E-state index in [9.17, 15) is 4.79 Å². The molecular formula is C20H25N3O4. The zero-order valence-electron chi connectivity index (χ0n) is 15.9. The number of nitrogens with zero attached hydrogens (tertiary/aromatic N) is 2. The lowest BCUT2D eigenvalue weighted by atomic mass is 10.2. The molecule has 2 aromatic carbocycles. The van der Waals surface area contributed by atoms with Crippen molar-refractivity contribution >= 4 is 17.4 Å². The number of hydrogen-bond donors (Lipinski definition) is 1. The average Bonchev–Trinajstić information content (AvgIpc) is 2.73. The van der Waals surface area contributed by atoms with Crippen LogP contribution in [0, 0.1) is 0 Å². The molecule has 1 aliphatic heterocycles. The molecule has 27 heavy (non-hydrogen) atoms. The number of hydrogen-bond acceptors (Lipinski definition) is 5. The van der Waals surface area contributed by atoms with Gasteiger partial charge in [0.1, 0.15) is 5.75 Å². The van der Waals surface area contributed by atoms with Gasteiger partial charge >= 0.3 is 6.03 Å². The molecule has 3 rings (SSSR count). The van der Waals surface area contributed by atoms with E-state index in [2.05, 4.69) is 10.2 Å². The van der Waals surface area contributed by atoms with Crippen LogP contribution in [-0.2, 0) is 0 Å². The molecule has 0 bridgehead atoms. The summed E-state index contributed by atoms with van der Waals surface area (Å²) in [5, 5.41) is 2.93. The lowest BCUT2D eigenvalue weighted by molar-refractivity contribution is 0.208. The van der Waals surface area contributed by atoms with Gasteiger partial charge in [-0.1, -0.05) is 6.07 Å². The van der Waals surface area contributed by atoms with Crippen LogP contribution in [0.5, 0.6) is 17.2 Å². The standard InChI is InChI=1S/C20H25N3O4/c1-25-17-6-4-5-15(13-17)21-20(24)23-11-9-22(10-12-23)16-7-8-18(26-2)19(14-16)27-3/h4-8,13-14H,9-12H2,1-3H3,(H,21,24). The molecule has 1 N–H and O–H groups in total. The number of piperazine rings is 1. The lowest BCUT2D eigenvalue weighted by Gasteiger charge is -2.36. The third-order valence-corrected chi connectivity index (χ3v) is 4.62. The quantitative estimate of drug-likeness (QED) is 0.875. The monoisotopic (exact) mass is 371 g/mol. The van der Waals surface area contributed by atoms with E-state index in [0.29, 0.717) is 30.3 Å². The molecule has 0 saturated carbocycles. The smallest absolute Gasteiger partial charge is 0.321 e. The molecule has 2 amide bonds. The Bertz CT molecular complexity index is 789. The second-order valence-corrected chi connectivity index (χ2v) is 6.18. The molecule has 1 heterocycles. The van der Waals surface area contributed by atoms with Crippen LogP contribution in [0.4, 0.5) is 16.2 Å². The normalized spacial score (nSPS) is 13.9. The highest BCUT2D eigenvalue weighted by molar-refractivity contribution is 5.89. The number of ether oxygens (including phenoxy) is 3. The summed E-state index contributed by atoms with van der Waals surface area (Å²) >= 11 is 0. The minimum Gasteiger partial charge on any atom is -0.497 e. The third-order valence-electron chi connectivity index (χ3n) is 4.62. The summed E-state index contributed by atoms with van der Waals surface area (Å²) in [6.07, 6.45) is 0. The number of amides is 2. The van der Waals surface area contributed by atoms with Crippen LogP contribution in [0.1, 0.15) is 0 Å². The van der Waals surface area contributed by atoms with E-state index in [1.54, 1.807) is 27.4 Å². The van der Waals surface area contributed by atoms with Crippen molar-refractivity contribution in [2.24, 2.45) is 0 Å². The van der Waals surface area contributed by atoms with E-state index in [4.69, 9.17) is 14.2 Å². The van der Waals surface area contributed by atoms with Crippen LogP contribution in [0.3, 0.4) is 0 Å². The van der Waals surface area contributed by atoms with E-state index in [0.717, 1.165) is 24.5 Å². The van der Waals surface area contributed by atoms with Gasteiger partial charge in [0.25, 0.3) is 0 Å². The summed E-state index contributed by atoms with van der Waals surface area (Å²) in [4.78, 5) is 16.6. The molecule has 7 heteroatoms. The molecule has 1 aliphatic rings. The van der Waals surface area contributed by atoms with Gasteiger partial charge < -0.3 is 29.3 Å². The fourth-order valence-corrected chi connectivity index (χ4v) is 3.09.